The summed E-state index contributed by atoms with van der Waals surface area (Å²) in [6, 6.07) is 2.27. The maximum absolute atomic E-state index is 12.6. The van der Waals surface area contributed by atoms with E-state index in [1.165, 1.54) is 17.7 Å². The topological polar surface area (TPSA) is 0 Å². The van der Waals surface area contributed by atoms with Gasteiger partial charge in [-0.1, -0.05) is 0 Å². The Balaban J connectivity index is 3.28. The van der Waals surface area contributed by atoms with Gasteiger partial charge in [-0.05, 0) is 0 Å². The number of hydrogen-bond donors (Lipinski definition) is 0. The molecular formula is C6H2BrF2Li. The molecular weight excluding hydrogens is 197 g/mol. The van der Waals surface area contributed by atoms with Crippen molar-refractivity contribution in [2.75, 3.05) is 0 Å². The fourth-order valence-electron chi connectivity index (χ4n) is 0.622. The molecule has 0 bridgehead atoms. The van der Waals surface area contributed by atoms with Gasteiger partial charge >= 0.3 is 74.9 Å². The molecule has 1 aromatic carbocycles. The van der Waals surface area contributed by atoms with Gasteiger partial charge in [0.1, 0.15) is 0 Å². The molecule has 10 heavy (non-hydrogen) atoms. The Morgan fingerprint density at radius 1 is 1.20 bits per heavy atom. The van der Waals surface area contributed by atoms with Crippen molar-refractivity contribution < 1.29 is 8.78 Å². The Labute approximate surface area is 75.0 Å². The average Bonchev–Trinajstić information content (AvgIpc) is 1.84. The van der Waals surface area contributed by atoms with E-state index in [0.29, 0.717) is 4.24 Å². The molecule has 0 aliphatic heterocycles. The molecule has 0 unspecified atom stereocenters. The van der Waals surface area contributed by atoms with E-state index < -0.39 is 11.6 Å². The molecule has 1 aromatic rings. The van der Waals surface area contributed by atoms with Crippen molar-refractivity contribution in [1.29, 1.82) is 0 Å². The summed E-state index contributed by atoms with van der Waals surface area (Å²) in [6.07, 6.45) is 0. The third kappa shape index (κ3) is 1.60. The Hall–Kier alpha value is 0.157. The quantitative estimate of drug-likeness (QED) is 0.438. The fraction of sp³-hybridized carbons (Fsp3) is 0. The molecule has 1 rings (SSSR count). The second-order valence-electron chi connectivity index (χ2n) is 2.02. The SMILES string of the molecule is [Li][c]1cc(F)c(Br)cc1F. The molecule has 0 radical (unpaired) electrons. The molecule has 0 spiro atoms. The van der Waals surface area contributed by atoms with Crippen molar-refractivity contribution in [1.82, 2.24) is 0 Å². The van der Waals surface area contributed by atoms with Gasteiger partial charge in [0.2, 0.25) is 0 Å². The van der Waals surface area contributed by atoms with Crippen LogP contribution in [0.1, 0.15) is 0 Å². The standard InChI is InChI=1S/C6H2BrF2.Li/c7-5-3-4(8)1-2-6(5)9;/h2-3H;. The van der Waals surface area contributed by atoms with Crippen LogP contribution in [0.15, 0.2) is 16.6 Å². The molecule has 0 aliphatic carbocycles. The molecule has 4 heteroatoms. The van der Waals surface area contributed by atoms with Crippen LogP contribution in [0.25, 0.3) is 0 Å². The van der Waals surface area contributed by atoms with Gasteiger partial charge in [0.05, 0.1) is 0 Å². The zero-order valence-corrected chi connectivity index (χ0v) is 6.87. The summed E-state index contributed by atoms with van der Waals surface area (Å²) in [5.41, 5.74) is 0. The van der Waals surface area contributed by atoms with Gasteiger partial charge in [-0.15, -0.1) is 0 Å². The van der Waals surface area contributed by atoms with E-state index in [2.05, 4.69) is 15.9 Å². The zero-order chi connectivity index (χ0) is 7.72. The van der Waals surface area contributed by atoms with Crippen LogP contribution in [0.5, 0.6) is 0 Å². The van der Waals surface area contributed by atoms with Gasteiger partial charge < -0.3 is 0 Å². The van der Waals surface area contributed by atoms with E-state index in [-0.39, 0.29) is 4.47 Å². The second-order valence-corrected chi connectivity index (χ2v) is 2.87. The van der Waals surface area contributed by atoms with Crippen LogP contribution in [0.4, 0.5) is 8.78 Å². The van der Waals surface area contributed by atoms with Crippen LogP contribution in [-0.4, -0.2) is 17.7 Å². The van der Waals surface area contributed by atoms with Crippen LogP contribution in [0.2, 0.25) is 0 Å². The van der Waals surface area contributed by atoms with Crippen molar-refractivity contribution in [2.24, 2.45) is 0 Å². The van der Waals surface area contributed by atoms with Crippen LogP contribution < -0.4 is 4.24 Å². The predicted octanol–water partition coefficient (Wildman–Crippen LogP) is 1.52. The van der Waals surface area contributed by atoms with Crippen LogP contribution in [0.3, 0.4) is 0 Å². The summed E-state index contributed by atoms with van der Waals surface area (Å²) in [6.45, 7) is 0. The Kier molecular flexibility index (Phi) is 2.51. The fourth-order valence-corrected chi connectivity index (χ4v) is 0.937. The first kappa shape index (κ1) is 8.26. The van der Waals surface area contributed by atoms with Gasteiger partial charge in [-0.2, -0.15) is 0 Å². The van der Waals surface area contributed by atoms with E-state index in [0.717, 1.165) is 12.1 Å². The number of rotatable bonds is 0. The van der Waals surface area contributed by atoms with Crippen molar-refractivity contribution >= 4 is 37.9 Å². The monoisotopic (exact) mass is 198 g/mol. The predicted molar refractivity (Wildman–Crippen MR) is 39.4 cm³/mol. The van der Waals surface area contributed by atoms with E-state index in [9.17, 15) is 8.78 Å². The molecule has 0 atom stereocenters. The van der Waals surface area contributed by atoms with Gasteiger partial charge in [-0.3, -0.25) is 0 Å². The molecule has 0 heterocycles. The van der Waals surface area contributed by atoms with Crippen LogP contribution in [0, 0.1) is 11.6 Å². The van der Waals surface area contributed by atoms with E-state index >= 15 is 0 Å². The molecule has 0 saturated carbocycles. The Bertz CT molecular complexity index is 212. The first-order valence-electron chi connectivity index (χ1n) is 2.72. The summed E-state index contributed by atoms with van der Waals surface area (Å²) in [5.74, 6) is -0.827. The second kappa shape index (κ2) is 3.04. The van der Waals surface area contributed by atoms with Crippen molar-refractivity contribution in [3.05, 3.63) is 28.2 Å². The minimum absolute atomic E-state index is 0.163. The van der Waals surface area contributed by atoms with Gasteiger partial charge in [-0.25, -0.2) is 0 Å². The van der Waals surface area contributed by atoms with Crippen molar-refractivity contribution in [2.45, 2.75) is 0 Å². The van der Waals surface area contributed by atoms with Crippen molar-refractivity contribution in [3.63, 3.8) is 0 Å². The molecule has 48 valence electrons. The Morgan fingerprint density at radius 3 is 2.30 bits per heavy atom. The van der Waals surface area contributed by atoms with Crippen LogP contribution in [-0.2, 0) is 0 Å². The minimum atomic E-state index is -0.432. The molecule has 0 amide bonds. The van der Waals surface area contributed by atoms with E-state index in [1.807, 2.05) is 0 Å². The third-order valence-corrected chi connectivity index (χ3v) is 1.81. The van der Waals surface area contributed by atoms with Crippen molar-refractivity contribution in [3.8, 4) is 0 Å². The number of halogens is 3. The first-order chi connectivity index (χ1) is 4.61. The first-order valence-corrected chi connectivity index (χ1v) is 3.51. The molecule has 0 N–H and O–H groups in total. The Morgan fingerprint density at radius 2 is 1.80 bits per heavy atom. The molecule has 0 aliphatic rings. The molecule has 0 nitrogen and oxygen atoms in total. The third-order valence-electron chi connectivity index (χ3n) is 1.20. The summed E-state index contributed by atoms with van der Waals surface area (Å²) >= 11 is 4.38. The molecule has 0 fully saturated rings. The van der Waals surface area contributed by atoms with Gasteiger partial charge in [0.15, 0.2) is 0 Å². The number of benzene rings is 1. The summed E-state index contributed by atoms with van der Waals surface area (Å²) < 4.78 is 25.6. The average molecular weight is 199 g/mol. The summed E-state index contributed by atoms with van der Waals surface area (Å²) in [5, 5.41) is 0. The van der Waals surface area contributed by atoms with Crippen LogP contribution >= 0.6 is 15.9 Å². The molecule has 0 saturated heterocycles. The summed E-state index contributed by atoms with van der Waals surface area (Å²) in [7, 11) is 0. The maximum atomic E-state index is 12.6. The van der Waals surface area contributed by atoms with Gasteiger partial charge in [0, 0.05) is 0 Å². The summed E-state index contributed by atoms with van der Waals surface area (Å²) in [4.78, 5) is 0. The molecule has 0 aromatic heterocycles. The zero-order valence-electron chi connectivity index (χ0n) is 5.29. The number of hydrogen-bond acceptors (Lipinski definition) is 0. The normalized spacial score (nSPS) is 10.1. The van der Waals surface area contributed by atoms with E-state index in [4.69, 9.17) is 0 Å². The van der Waals surface area contributed by atoms with Gasteiger partial charge in [0.25, 0.3) is 0 Å². The van der Waals surface area contributed by atoms with E-state index in [1.54, 1.807) is 0 Å².